The number of carbonyl (C=O) groups is 3. The predicted molar refractivity (Wildman–Crippen MR) is 56.6 cm³/mol. The molecule has 0 aromatic heterocycles. The summed E-state index contributed by atoms with van der Waals surface area (Å²) >= 11 is 0. The fourth-order valence-electron chi connectivity index (χ4n) is 0.998. The first-order valence-electron chi connectivity index (χ1n) is 5.10. The zero-order valence-corrected chi connectivity index (χ0v) is 10.1. The Balaban J connectivity index is 4.30. The van der Waals surface area contributed by atoms with E-state index in [2.05, 4.69) is 5.32 Å². The first-order valence-corrected chi connectivity index (χ1v) is 5.10. The molecule has 3 N–H and O–H groups in total. The van der Waals surface area contributed by atoms with Gasteiger partial charge in [-0.3, -0.25) is 4.79 Å². The van der Waals surface area contributed by atoms with Gasteiger partial charge in [0.2, 0.25) is 5.91 Å². The maximum absolute atomic E-state index is 11.3. The fraction of sp³-hybridized carbons (Fsp3) is 0.700. The van der Waals surface area contributed by atoms with Gasteiger partial charge >= 0.3 is 6.09 Å². The van der Waals surface area contributed by atoms with Gasteiger partial charge in [-0.25, -0.2) is 4.79 Å². The van der Waals surface area contributed by atoms with Crippen LogP contribution in [0.1, 0.15) is 33.6 Å². The number of nitrogens with two attached hydrogens (primary N) is 1. The average molecular weight is 245 g/mol. The number of ether oxygens (including phenoxy) is 1. The molecule has 2 amide bonds. The van der Waals surface area contributed by atoms with E-state index >= 15 is 0 Å². The summed E-state index contributed by atoms with van der Waals surface area (Å²) in [6, 6.07) is -1.08. The number of carboxylic acids is 1. The van der Waals surface area contributed by atoms with Gasteiger partial charge in [0.1, 0.15) is 11.6 Å². The second-order valence-electron chi connectivity index (χ2n) is 4.51. The third kappa shape index (κ3) is 8.06. The van der Waals surface area contributed by atoms with Gasteiger partial charge in [-0.1, -0.05) is 0 Å². The van der Waals surface area contributed by atoms with Crippen LogP contribution in [-0.4, -0.2) is 29.6 Å². The minimum atomic E-state index is -1.32. The predicted octanol–water partition coefficient (Wildman–Crippen LogP) is -1.10. The average Bonchev–Trinajstić information content (AvgIpc) is 2.08. The van der Waals surface area contributed by atoms with Crippen LogP contribution in [0, 0.1) is 0 Å². The zero-order valence-electron chi connectivity index (χ0n) is 10.1. The van der Waals surface area contributed by atoms with Crippen molar-refractivity contribution in [3.8, 4) is 0 Å². The van der Waals surface area contributed by atoms with E-state index in [1.807, 2.05) is 0 Å². The van der Waals surface area contributed by atoms with Gasteiger partial charge in [-0.15, -0.1) is 0 Å². The van der Waals surface area contributed by atoms with Crippen LogP contribution in [0.3, 0.4) is 0 Å². The first kappa shape index (κ1) is 15.2. The molecule has 7 heteroatoms. The lowest BCUT2D eigenvalue weighted by atomic mass is 10.1. The smallest absolute Gasteiger partial charge is 0.408 e. The van der Waals surface area contributed by atoms with Crippen molar-refractivity contribution in [1.82, 2.24) is 5.32 Å². The number of carboxylic acid groups (broad SMARTS) is 1. The van der Waals surface area contributed by atoms with Crippen molar-refractivity contribution >= 4 is 18.0 Å². The maximum atomic E-state index is 11.3. The number of primary amides is 1. The molecule has 7 nitrogen and oxygen atoms in total. The molecule has 0 radical (unpaired) electrons. The van der Waals surface area contributed by atoms with Gasteiger partial charge in [-0.2, -0.15) is 0 Å². The SMILES string of the molecule is CC(C)(C)OC(=O)N[C@H](CCC(=O)[O-])C(N)=O. The van der Waals surface area contributed by atoms with Crippen LogP contribution in [0.25, 0.3) is 0 Å². The van der Waals surface area contributed by atoms with Crippen LogP contribution in [0.4, 0.5) is 4.79 Å². The molecule has 0 aromatic carbocycles. The lowest BCUT2D eigenvalue weighted by Gasteiger charge is -2.22. The summed E-state index contributed by atoms with van der Waals surface area (Å²) in [5.74, 6) is -2.14. The molecule has 0 saturated heterocycles. The highest BCUT2D eigenvalue weighted by Crippen LogP contribution is 2.07. The monoisotopic (exact) mass is 245 g/mol. The summed E-state index contributed by atoms with van der Waals surface area (Å²) in [6.45, 7) is 4.98. The summed E-state index contributed by atoms with van der Waals surface area (Å²) in [4.78, 5) is 32.5. The molecule has 0 saturated carbocycles. The quantitative estimate of drug-likeness (QED) is 0.636. The van der Waals surface area contributed by atoms with Gasteiger partial charge in [0.25, 0.3) is 0 Å². The number of alkyl carbamates (subject to hydrolysis) is 1. The Morgan fingerprint density at radius 2 is 1.88 bits per heavy atom. The Hall–Kier alpha value is -1.79. The normalized spacial score (nSPS) is 12.6. The van der Waals surface area contributed by atoms with Crippen LogP contribution in [0.2, 0.25) is 0 Å². The van der Waals surface area contributed by atoms with Gasteiger partial charge in [0, 0.05) is 5.97 Å². The molecule has 0 aliphatic rings. The molecular formula is C10H17N2O5-. The molecule has 0 fully saturated rings. The molecule has 0 bridgehead atoms. The summed E-state index contributed by atoms with van der Waals surface area (Å²) in [5, 5.41) is 12.4. The van der Waals surface area contributed by atoms with Gasteiger partial charge < -0.3 is 25.7 Å². The van der Waals surface area contributed by atoms with E-state index in [1.54, 1.807) is 20.8 Å². The first-order chi connectivity index (χ1) is 7.61. The van der Waals surface area contributed by atoms with Crippen molar-refractivity contribution in [2.45, 2.75) is 45.3 Å². The largest absolute Gasteiger partial charge is 0.550 e. The molecule has 0 aliphatic carbocycles. The standard InChI is InChI=1S/C10H18N2O5/c1-10(2,3)17-9(16)12-6(8(11)15)4-5-7(13)14/h6H,4-5H2,1-3H3,(H2,11,15)(H,12,16)(H,13,14)/p-1/t6-/m1/s1. The number of carbonyl (C=O) groups excluding carboxylic acids is 3. The van der Waals surface area contributed by atoms with E-state index in [1.165, 1.54) is 0 Å². The molecule has 1 atom stereocenters. The van der Waals surface area contributed by atoms with Crippen LogP contribution < -0.4 is 16.2 Å². The van der Waals surface area contributed by atoms with E-state index in [0.29, 0.717) is 0 Å². The molecule has 17 heavy (non-hydrogen) atoms. The van der Waals surface area contributed by atoms with E-state index in [4.69, 9.17) is 10.5 Å². The lowest BCUT2D eigenvalue weighted by molar-refractivity contribution is -0.305. The summed E-state index contributed by atoms with van der Waals surface area (Å²) < 4.78 is 4.90. The van der Waals surface area contributed by atoms with Crippen molar-refractivity contribution in [1.29, 1.82) is 0 Å². The molecular weight excluding hydrogens is 228 g/mol. The van der Waals surface area contributed by atoms with Crippen molar-refractivity contribution in [2.24, 2.45) is 5.73 Å². The van der Waals surface area contributed by atoms with Crippen LogP contribution in [-0.2, 0) is 14.3 Å². The number of nitrogens with one attached hydrogen (secondary N) is 1. The van der Waals surface area contributed by atoms with Crippen LogP contribution >= 0.6 is 0 Å². The Morgan fingerprint density at radius 3 is 2.24 bits per heavy atom. The van der Waals surface area contributed by atoms with Crippen LogP contribution in [0.15, 0.2) is 0 Å². The van der Waals surface area contributed by atoms with E-state index in [-0.39, 0.29) is 12.8 Å². The Morgan fingerprint density at radius 1 is 1.35 bits per heavy atom. The highest BCUT2D eigenvalue weighted by Gasteiger charge is 2.22. The summed E-state index contributed by atoms with van der Waals surface area (Å²) in [6.07, 6.45) is -1.32. The number of hydrogen-bond acceptors (Lipinski definition) is 5. The zero-order chi connectivity index (χ0) is 13.6. The third-order valence-corrected chi connectivity index (χ3v) is 1.67. The summed E-state index contributed by atoms with van der Waals surface area (Å²) in [7, 11) is 0. The second kappa shape index (κ2) is 6.07. The molecule has 98 valence electrons. The van der Waals surface area contributed by atoms with Crippen LogP contribution in [0.5, 0.6) is 0 Å². The highest BCUT2D eigenvalue weighted by atomic mass is 16.6. The fourth-order valence-corrected chi connectivity index (χ4v) is 0.998. The molecule has 0 rings (SSSR count). The Kier molecular flexibility index (Phi) is 5.43. The molecule has 0 aromatic rings. The number of amides is 2. The van der Waals surface area contributed by atoms with E-state index in [0.717, 1.165) is 0 Å². The topological polar surface area (TPSA) is 122 Å². The van der Waals surface area contributed by atoms with Crippen molar-refractivity contribution < 1.29 is 24.2 Å². The molecule has 0 unspecified atom stereocenters. The van der Waals surface area contributed by atoms with Crippen molar-refractivity contribution in [3.63, 3.8) is 0 Å². The van der Waals surface area contributed by atoms with E-state index in [9.17, 15) is 19.5 Å². The van der Waals surface area contributed by atoms with Gasteiger partial charge in [0.15, 0.2) is 0 Å². The lowest BCUT2D eigenvalue weighted by Crippen LogP contribution is -2.46. The third-order valence-electron chi connectivity index (χ3n) is 1.67. The maximum Gasteiger partial charge on any atom is 0.408 e. The van der Waals surface area contributed by atoms with Gasteiger partial charge in [-0.05, 0) is 33.6 Å². The summed E-state index contributed by atoms with van der Waals surface area (Å²) in [5.41, 5.74) is 4.30. The highest BCUT2D eigenvalue weighted by molar-refractivity contribution is 5.84. The van der Waals surface area contributed by atoms with Crippen molar-refractivity contribution in [3.05, 3.63) is 0 Å². The second-order valence-corrected chi connectivity index (χ2v) is 4.51. The number of hydrogen-bond donors (Lipinski definition) is 2. The molecule has 0 aliphatic heterocycles. The Labute approximate surface area is 99.3 Å². The minimum absolute atomic E-state index is 0.128. The number of rotatable bonds is 5. The molecule has 0 spiro atoms. The molecule has 0 heterocycles. The van der Waals surface area contributed by atoms with E-state index < -0.39 is 29.6 Å². The Bertz CT molecular complexity index is 308. The number of aliphatic carboxylic acids is 1. The van der Waals surface area contributed by atoms with Crippen molar-refractivity contribution in [2.75, 3.05) is 0 Å². The van der Waals surface area contributed by atoms with Gasteiger partial charge in [0.05, 0.1) is 0 Å². The minimum Gasteiger partial charge on any atom is -0.550 e.